The molecule has 3 rings (SSSR count). The van der Waals surface area contributed by atoms with Crippen molar-refractivity contribution in [1.29, 1.82) is 0 Å². The lowest BCUT2D eigenvalue weighted by atomic mass is 10.2. The number of nitrogens with zero attached hydrogens (tertiary/aromatic N) is 1. The number of methoxy groups -OCH3 is 1. The Morgan fingerprint density at radius 3 is 2.30 bits per heavy atom. The maximum Gasteiger partial charge on any atom is 0.337 e. The minimum absolute atomic E-state index is 0.0639. The third-order valence-electron chi connectivity index (χ3n) is 3.77. The summed E-state index contributed by atoms with van der Waals surface area (Å²) in [6, 6.07) is 10.7. The summed E-state index contributed by atoms with van der Waals surface area (Å²) in [6.07, 6.45) is 0. The molecule has 0 unspecified atom stereocenters. The molecule has 0 fully saturated rings. The van der Waals surface area contributed by atoms with Crippen LogP contribution in [0.25, 0.3) is 0 Å². The fraction of sp³-hybridized carbons (Fsp3) is 0.0556. The van der Waals surface area contributed by atoms with E-state index in [4.69, 9.17) is 34.8 Å². The Morgan fingerprint density at radius 1 is 1.00 bits per heavy atom. The van der Waals surface area contributed by atoms with E-state index >= 15 is 0 Å². The van der Waals surface area contributed by atoms with Gasteiger partial charge in [-0.25, -0.2) is 9.69 Å². The second-order valence-corrected chi connectivity index (χ2v) is 6.56. The van der Waals surface area contributed by atoms with Crippen LogP contribution in [0.5, 0.6) is 0 Å². The van der Waals surface area contributed by atoms with E-state index in [1.165, 1.54) is 31.4 Å². The third kappa shape index (κ3) is 3.51. The van der Waals surface area contributed by atoms with Crippen LogP contribution in [0.15, 0.2) is 53.2 Å². The fourth-order valence-electron chi connectivity index (χ4n) is 2.45. The Bertz CT molecular complexity index is 987. The largest absolute Gasteiger partial charge is 0.465 e. The number of halogens is 3. The molecule has 138 valence electrons. The first kappa shape index (κ1) is 19.2. The number of amides is 2. The average Bonchev–Trinajstić information content (AvgIpc) is 2.87. The van der Waals surface area contributed by atoms with Crippen molar-refractivity contribution in [2.24, 2.45) is 0 Å². The van der Waals surface area contributed by atoms with Crippen molar-refractivity contribution in [3.05, 3.63) is 68.8 Å². The molecule has 1 aliphatic rings. The Morgan fingerprint density at radius 2 is 1.67 bits per heavy atom. The van der Waals surface area contributed by atoms with E-state index in [1.807, 2.05) is 0 Å². The van der Waals surface area contributed by atoms with Crippen molar-refractivity contribution in [1.82, 2.24) is 0 Å². The van der Waals surface area contributed by atoms with Crippen LogP contribution in [0.4, 0.5) is 11.4 Å². The molecule has 0 saturated carbocycles. The SMILES string of the molecule is COC(=O)c1ccc(NC2=C(Cl)C(=O)N(c3cccc(Cl)c3Cl)C2=O)cc1. The molecule has 0 radical (unpaired) electrons. The van der Waals surface area contributed by atoms with Gasteiger partial charge < -0.3 is 10.1 Å². The fourth-order valence-corrected chi connectivity index (χ4v) is 3.04. The maximum atomic E-state index is 12.7. The van der Waals surface area contributed by atoms with E-state index in [-0.39, 0.29) is 26.5 Å². The number of carbonyl (C=O) groups is 3. The number of hydrogen-bond acceptors (Lipinski definition) is 5. The highest BCUT2D eigenvalue weighted by Gasteiger charge is 2.40. The van der Waals surface area contributed by atoms with Gasteiger partial charge in [-0.3, -0.25) is 9.59 Å². The average molecular weight is 426 g/mol. The topological polar surface area (TPSA) is 75.7 Å². The van der Waals surface area contributed by atoms with Crippen LogP contribution in [0.3, 0.4) is 0 Å². The lowest BCUT2D eigenvalue weighted by molar-refractivity contribution is -0.120. The highest BCUT2D eigenvalue weighted by atomic mass is 35.5. The van der Waals surface area contributed by atoms with E-state index in [9.17, 15) is 14.4 Å². The van der Waals surface area contributed by atoms with Crippen LogP contribution >= 0.6 is 34.8 Å². The summed E-state index contributed by atoms with van der Waals surface area (Å²) in [5.74, 6) is -1.89. The molecule has 6 nitrogen and oxygen atoms in total. The van der Waals surface area contributed by atoms with Crippen molar-refractivity contribution >= 4 is 64.0 Å². The smallest absolute Gasteiger partial charge is 0.337 e. The Kier molecular flexibility index (Phi) is 5.41. The third-order valence-corrected chi connectivity index (χ3v) is 4.93. The first-order valence-corrected chi connectivity index (χ1v) is 8.66. The maximum absolute atomic E-state index is 12.7. The Labute approximate surface area is 169 Å². The molecular weight excluding hydrogens is 415 g/mol. The summed E-state index contributed by atoms with van der Waals surface area (Å²) < 4.78 is 4.62. The second kappa shape index (κ2) is 7.60. The summed E-state index contributed by atoms with van der Waals surface area (Å²) in [5, 5.41) is 2.78. The van der Waals surface area contributed by atoms with Gasteiger partial charge in [0, 0.05) is 5.69 Å². The van der Waals surface area contributed by atoms with Gasteiger partial charge in [0.1, 0.15) is 10.7 Å². The number of esters is 1. The zero-order valence-electron chi connectivity index (χ0n) is 13.8. The number of imide groups is 1. The predicted octanol–water partition coefficient (Wildman–Crippen LogP) is 4.22. The van der Waals surface area contributed by atoms with Crippen molar-refractivity contribution < 1.29 is 19.1 Å². The van der Waals surface area contributed by atoms with Crippen LogP contribution in [-0.4, -0.2) is 24.9 Å². The van der Waals surface area contributed by atoms with Crippen molar-refractivity contribution in [3.63, 3.8) is 0 Å². The molecule has 2 aromatic rings. The number of hydrogen-bond donors (Lipinski definition) is 1. The first-order valence-electron chi connectivity index (χ1n) is 7.53. The molecule has 0 spiro atoms. The van der Waals surface area contributed by atoms with E-state index in [2.05, 4.69) is 10.1 Å². The van der Waals surface area contributed by atoms with Crippen molar-refractivity contribution in [2.45, 2.75) is 0 Å². The van der Waals surface area contributed by atoms with E-state index < -0.39 is 17.8 Å². The zero-order chi connectivity index (χ0) is 19.7. The minimum atomic E-state index is -0.723. The molecule has 0 aliphatic carbocycles. The molecule has 1 N–H and O–H groups in total. The molecule has 0 bridgehead atoms. The predicted molar refractivity (Wildman–Crippen MR) is 103 cm³/mol. The standard InChI is InChI=1S/C18H11Cl3N2O4/c1-27-18(26)9-5-7-10(8-6-9)22-15-14(21)16(24)23(17(15)25)12-4-2-3-11(19)13(12)20/h2-8,22H,1H3. The molecule has 0 aromatic heterocycles. The van der Waals surface area contributed by atoms with Crippen LogP contribution in [0.1, 0.15) is 10.4 Å². The van der Waals surface area contributed by atoms with Gasteiger partial charge in [-0.15, -0.1) is 0 Å². The number of rotatable bonds is 4. The summed E-state index contributed by atoms with van der Waals surface area (Å²) in [6.45, 7) is 0. The van der Waals surface area contributed by atoms with E-state index in [0.29, 0.717) is 11.3 Å². The number of nitrogens with one attached hydrogen (secondary N) is 1. The van der Waals surface area contributed by atoms with Gasteiger partial charge in [0.15, 0.2) is 0 Å². The van der Waals surface area contributed by atoms with Gasteiger partial charge in [-0.2, -0.15) is 0 Å². The summed E-state index contributed by atoms with van der Waals surface area (Å²) in [4.78, 5) is 37.5. The van der Waals surface area contributed by atoms with E-state index in [0.717, 1.165) is 4.90 Å². The summed E-state index contributed by atoms with van der Waals surface area (Å²) in [7, 11) is 1.28. The quantitative estimate of drug-likeness (QED) is 0.586. The van der Waals surface area contributed by atoms with Crippen LogP contribution in [-0.2, 0) is 14.3 Å². The number of carbonyl (C=O) groups excluding carboxylic acids is 3. The molecule has 1 aliphatic heterocycles. The Balaban J connectivity index is 1.89. The monoisotopic (exact) mass is 424 g/mol. The molecule has 1 heterocycles. The highest BCUT2D eigenvalue weighted by Crippen LogP contribution is 2.37. The van der Waals surface area contributed by atoms with Gasteiger partial charge >= 0.3 is 5.97 Å². The van der Waals surface area contributed by atoms with Gasteiger partial charge in [0.2, 0.25) is 0 Å². The van der Waals surface area contributed by atoms with Gasteiger partial charge in [-0.05, 0) is 36.4 Å². The summed E-state index contributed by atoms with van der Waals surface area (Å²) in [5.41, 5.74) is 0.818. The normalized spacial score (nSPS) is 14.0. The molecule has 9 heteroatoms. The van der Waals surface area contributed by atoms with Gasteiger partial charge in [0.05, 0.1) is 28.4 Å². The molecule has 2 amide bonds. The number of benzene rings is 2. The zero-order valence-corrected chi connectivity index (χ0v) is 16.0. The molecule has 0 atom stereocenters. The lowest BCUT2D eigenvalue weighted by Gasteiger charge is -2.17. The molecule has 2 aromatic carbocycles. The van der Waals surface area contributed by atoms with Gasteiger partial charge in [0.25, 0.3) is 11.8 Å². The van der Waals surface area contributed by atoms with Crippen molar-refractivity contribution in [3.8, 4) is 0 Å². The highest BCUT2D eigenvalue weighted by molar-refractivity contribution is 6.54. The lowest BCUT2D eigenvalue weighted by Crippen LogP contribution is -2.32. The van der Waals surface area contributed by atoms with Gasteiger partial charge in [-0.1, -0.05) is 40.9 Å². The van der Waals surface area contributed by atoms with Crippen molar-refractivity contribution in [2.75, 3.05) is 17.3 Å². The van der Waals surface area contributed by atoms with Crippen LogP contribution < -0.4 is 10.2 Å². The van der Waals surface area contributed by atoms with Crippen LogP contribution in [0, 0.1) is 0 Å². The first-order chi connectivity index (χ1) is 12.8. The minimum Gasteiger partial charge on any atom is -0.465 e. The second-order valence-electron chi connectivity index (χ2n) is 5.40. The Hall–Kier alpha value is -2.54. The molecular formula is C18H11Cl3N2O4. The molecule has 27 heavy (non-hydrogen) atoms. The summed E-state index contributed by atoms with van der Waals surface area (Å²) >= 11 is 18.1. The van der Waals surface area contributed by atoms with Crippen LogP contribution in [0.2, 0.25) is 10.0 Å². The number of anilines is 2. The number of ether oxygens (including phenoxy) is 1. The molecule has 0 saturated heterocycles. The van der Waals surface area contributed by atoms with E-state index in [1.54, 1.807) is 18.2 Å².